The molecule has 0 atom stereocenters. The number of hydrogen-bond donors (Lipinski definition) is 3. The van der Waals surface area contributed by atoms with Crippen LogP contribution < -0.4 is 16.6 Å². The second kappa shape index (κ2) is 6.34. The lowest BCUT2D eigenvalue weighted by Gasteiger charge is -2.25. The number of carbonyl (C=O) groups is 1. The van der Waals surface area contributed by atoms with Crippen LogP contribution in [0.5, 0.6) is 0 Å². The summed E-state index contributed by atoms with van der Waals surface area (Å²) in [5, 5.41) is 2.65. The lowest BCUT2D eigenvalue weighted by molar-refractivity contribution is -0.137. The molecule has 1 aliphatic carbocycles. The van der Waals surface area contributed by atoms with Crippen LogP contribution in [0.25, 0.3) is 0 Å². The molecule has 7 heteroatoms. The first-order valence-corrected chi connectivity index (χ1v) is 6.88. The summed E-state index contributed by atoms with van der Waals surface area (Å²) in [5.74, 6) is 5.24. The molecular weight excluding hydrogens is 283 g/mol. The molecule has 0 aliphatic heterocycles. The van der Waals surface area contributed by atoms with Gasteiger partial charge in [0.05, 0.1) is 16.8 Å². The Hall–Kier alpha value is -1.76. The number of nitrogen functional groups attached to an aromatic ring is 1. The molecule has 0 heterocycles. The highest BCUT2D eigenvalue weighted by atomic mass is 19.4. The Morgan fingerprint density at radius 3 is 2.57 bits per heavy atom. The molecule has 1 aliphatic rings. The largest absolute Gasteiger partial charge is 0.418 e. The van der Waals surface area contributed by atoms with E-state index in [1.165, 1.54) is 18.6 Å². The third-order valence-corrected chi connectivity index (χ3v) is 3.82. The van der Waals surface area contributed by atoms with Gasteiger partial charge in [0.15, 0.2) is 0 Å². The SMILES string of the molecule is NNc1c(C(=O)NCCC2CCC2)cccc1C(F)(F)F. The molecule has 0 bridgehead atoms. The van der Waals surface area contributed by atoms with Gasteiger partial charge in [-0.3, -0.25) is 10.6 Å². The van der Waals surface area contributed by atoms with Crippen LogP contribution in [0.4, 0.5) is 18.9 Å². The fourth-order valence-corrected chi connectivity index (χ4v) is 2.40. The molecule has 0 radical (unpaired) electrons. The molecule has 1 fully saturated rings. The molecule has 1 amide bonds. The Kier molecular flexibility index (Phi) is 4.72. The number of hydrazine groups is 1. The highest BCUT2D eigenvalue weighted by Crippen LogP contribution is 2.36. The van der Waals surface area contributed by atoms with Crippen LogP contribution in [0.2, 0.25) is 0 Å². The predicted molar refractivity (Wildman–Crippen MR) is 73.5 cm³/mol. The van der Waals surface area contributed by atoms with Crippen molar-refractivity contribution in [3.8, 4) is 0 Å². The van der Waals surface area contributed by atoms with Crippen molar-refractivity contribution in [1.82, 2.24) is 5.32 Å². The zero-order chi connectivity index (χ0) is 15.5. The van der Waals surface area contributed by atoms with Crippen LogP contribution in [-0.4, -0.2) is 12.5 Å². The number of nitrogens with one attached hydrogen (secondary N) is 2. The van der Waals surface area contributed by atoms with Gasteiger partial charge in [0.1, 0.15) is 0 Å². The number of hydrogen-bond acceptors (Lipinski definition) is 3. The first kappa shape index (κ1) is 15.6. The summed E-state index contributed by atoms with van der Waals surface area (Å²) in [6, 6.07) is 3.41. The smallest absolute Gasteiger partial charge is 0.352 e. The van der Waals surface area contributed by atoms with E-state index in [0.29, 0.717) is 12.5 Å². The Morgan fingerprint density at radius 2 is 2.05 bits per heavy atom. The Labute approximate surface area is 120 Å². The third-order valence-electron chi connectivity index (χ3n) is 3.82. The second-order valence-corrected chi connectivity index (χ2v) is 5.21. The number of benzene rings is 1. The Morgan fingerprint density at radius 1 is 1.33 bits per heavy atom. The number of rotatable bonds is 5. The van der Waals surface area contributed by atoms with E-state index < -0.39 is 23.3 Å². The van der Waals surface area contributed by atoms with Crippen molar-refractivity contribution in [3.63, 3.8) is 0 Å². The average Bonchev–Trinajstić information content (AvgIpc) is 2.39. The van der Waals surface area contributed by atoms with Gasteiger partial charge in [-0.1, -0.05) is 25.3 Å². The molecule has 0 spiro atoms. The number of anilines is 1. The minimum atomic E-state index is -4.57. The molecule has 0 saturated heterocycles. The van der Waals surface area contributed by atoms with Gasteiger partial charge in [-0.25, -0.2) is 0 Å². The van der Waals surface area contributed by atoms with Crippen molar-refractivity contribution in [2.24, 2.45) is 11.8 Å². The monoisotopic (exact) mass is 301 g/mol. The van der Waals surface area contributed by atoms with Gasteiger partial charge < -0.3 is 10.7 Å². The summed E-state index contributed by atoms with van der Waals surface area (Å²) in [5.41, 5.74) is 0.551. The molecule has 0 unspecified atom stereocenters. The third kappa shape index (κ3) is 3.66. The van der Waals surface area contributed by atoms with Crippen LogP contribution in [0.1, 0.15) is 41.6 Å². The fourth-order valence-electron chi connectivity index (χ4n) is 2.40. The lowest BCUT2D eigenvalue weighted by Crippen LogP contribution is -2.29. The van der Waals surface area contributed by atoms with E-state index in [-0.39, 0.29) is 5.56 Å². The summed E-state index contributed by atoms with van der Waals surface area (Å²) < 4.78 is 38.6. The van der Waals surface area contributed by atoms with Crippen molar-refractivity contribution >= 4 is 11.6 Å². The number of alkyl halides is 3. The van der Waals surface area contributed by atoms with E-state index in [1.807, 2.05) is 5.43 Å². The fraction of sp³-hybridized carbons (Fsp3) is 0.500. The quantitative estimate of drug-likeness (QED) is 0.578. The van der Waals surface area contributed by atoms with Crippen LogP contribution in [0.3, 0.4) is 0 Å². The van der Waals surface area contributed by atoms with Gasteiger partial charge in [-0.2, -0.15) is 13.2 Å². The summed E-state index contributed by atoms with van der Waals surface area (Å²) in [7, 11) is 0. The van der Waals surface area contributed by atoms with E-state index in [0.717, 1.165) is 25.3 Å². The summed E-state index contributed by atoms with van der Waals surface area (Å²) in [6.45, 7) is 0.462. The molecule has 21 heavy (non-hydrogen) atoms. The second-order valence-electron chi connectivity index (χ2n) is 5.21. The van der Waals surface area contributed by atoms with Crippen molar-refractivity contribution in [2.45, 2.75) is 31.9 Å². The summed E-state index contributed by atoms with van der Waals surface area (Å²) in [6.07, 6.45) is -0.169. The number of amides is 1. The summed E-state index contributed by atoms with van der Waals surface area (Å²) in [4.78, 5) is 12.0. The Balaban J connectivity index is 2.08. The maximum atomic E-state index is 12.9. The number of halogens is 3. The molecule has 4 N–H and O–H groups in total. The first-order chi connectivity index (χ1) is 9.93. The number of carbonyl (C=O) groups excluding carboxylic acids is 1. The van der Waals surface area contributed by atoms with Crippen molar-refractivity contribution in [2.75, 3.05) is 12.0 Å². The molecule has 2 rings (SSSR count). The molecular formula is C14H18F3N3O. The minimum Gasteiger partial charge on any atom is -0.352 e. The van der Waals surface area contributed by atoms with Gasteiger partial charge in [0.2, 0.25) is 0 Å². The zero-order valence-corrected chi connectivity index (χ0v) is 11.5. The van der Waals surface area contributed by atoms with E-state index in [9.17, 15) is 18.0 Å². The van der Waals surface area contributed by atoms with Gasteiger partial charge in [-0.15, -0.1) is 0 Å². The lowest BCUT2D eigenvalue weighted by atomic mass is 9.83. The minimum absolute atomic E-state index is 0.0964. The normalized spacial score (nSPS) is 15.4. The van der Waals surface area contributed by atoms with Gasteiger partial charge in [-0.05, 0) is 24.5 Å². The van der Waals surface area contributed by atoms with E-state index in [4.69, 9.17) is 5.84 Å². The standard InChI is InChI=1S/C14H18F3N3O/c15-14(16,17)11-6-2-5-10(12(11)20-18)13(21)19-8-7-9-3-1-4-9/h2,5-6,9,20H,1,3-4,7-8,18H2,(H,19,21). The van der Waals surface area contributed by atoms with Crippen molar-refractivity contribution in [1.29, 1.82) is 0 Å². The topological polar surface area (TPSA) is 67.1 Å². The molecule has 116 valence electrons. The van der Waals surface area contributed by atoms with E-state index in [1.54, 1.807) is 0 Å². The van der Waals surface area contributed by atoms with E-state index >= 15 is 0 Å². The molecule has 0 aromatic heterocycles. The highest BCUT2D eigenvalue weighted by Gasteiger charge is 2.35. The number of para-hydroxylation sites is 1. The zero-order valence-electron chi connectivity index (χ0n) is 11.5. The van der Waals surface area contributed by atoms with Crippen LogP contribution in [0, 0.1) is 5.92 Å². The Bertz CT molecular complexity index is 513. The molecule has 1 saturated carbocycles. The van der Waals surface area contributed by atoms with Crippen molar-refractivity contribution < 1.29 is 18.0 Å². The maximum absolute atomic E-state index is 12.9. The van der Waals surface area contributed by atoms with E-state index in [2.05, 4.69) is 5.32 Å². The average molecular weight is 301 g/mol. The highest BCUT2D eigenvalue weighted by molar-refractivity contribution is 6.00. The maximum Gasteiger partial charge on any atom is 0.418 e. The summed E-state index contributed by atoms with van der Waals surface area (Å²) >= 11 is 0. The molecule has 1 aromatic carbocycles. The van der Waals surface area contributed by atoms with Crippen molar-refractivity contribution in [3.05, 3.63) is 29.3 Å². The van der Waals surface area contributed by atoms with Gasteiger partial charge >= 0.3 is 6.18 Å². The molecule has 4 nitrogen and oxygen atoms in total. The van der Waals surface area contributed by atoms with Gasteiger partial charge in [0.25, 0.3) is 5.91 Å². The van der Waals surface area contributed by atoms with Crippen LogP contribution in [0.15, 0.2) is 18.2 Å². The predicted octanol–water partition coefficient (Wildman–Crippen LogP) is 2.91. The van der Waals surface area contributed by atoms with Crippen LogP contribution in [-0.2, 0) is 6.18 Å². The number of nitrogens with two attached hydrogens (primary N) is 1. The molecule has 1 aromatic rings. The van der Waals surface area contributed by atoms with Crippen LogP contribution >= 0.6 is 0 Å². The van der Waals surface area contributed by atoms with Gasteiger partial charge in [0, 0.05) is 6.54 Å². The first-order valence-electron chi connectivity index (χ1n) is 6.88.